The molecule has 1 atom stereocenters. The molecule has 2 fully saturated rings. The van der Waals surface area contributed by atoms with Gasteiger partial charge in [0, 0.05) is 13.1 Å². The van der Waals surface area contributed by atoms with Crippen LogP contribution in [-0.4, -0.2) is 54.5 Å². The van der Waals surface area contributed by atoms with Crippen molar-refractivity contribution in [2.45, 2.75) is 51.5 Å². The van der Waals surface area contributed by atoms with Gasteiger partial charge in [0.05, 0.1) is 6.04 Å². The van der Waals surface area contributed by atoms with Crippen molar-refractivity contribution in [2.24, 2.45) is 11.7 Å². The number of nitrogens with zero attached hydrogens (tertiary/aromatic N) is 2. The minimum atomic E-state index is 0.0526. The van der Waals surface area contributed by atoms with Crippen LogP contribution in [0.1, 0.15) is 45.4 Å². The number of piperidine rings is 1. The smallest absolute Gasteiger partial charge is 0.239 e. The molecule has 1 amide bonds. The molecule has 4 nitrogen and oxygen atoms in total. The number of likely N-dealkylation sites (tertiary alicyclic amines) is 2. The van der Waals surface area contributed by atoms with Gasteiger partial charge in [0.25, 0.3) is 0 Å². The lowest BCUT2D eigenvalue weighted by Gasteiger charge is -2.37. The monoisotopic (exact) mass is 267 g/mol. The standard InChI is InChI=1S/C15H29N3O/c1-13(17-10-6-14(12-16)7-11-17)15(19)18-8-4-2-3-5-9-18/h13-14H,2-12,16H2,1H3. The van der Waals surface area contributed by atoms with Gasteiger partial charge < -0.3 is 10.6 Å². The zero-order valence-corrected chi connectivity index (χ0v) is 12.3. The molecule has 0 saturated carbocycles. The summed E-state index contributed by atoms with van der Waals surface area (Å²) in [4.78, 5) is 17.0. The fourth-order valence-electron chi connectivity index (χ4n) is 3.29. The number of amides is 1. The van der Waals surface area contributed by atoms with Gasteiger partial charge in [0.1, 0.15) is 0 Å². The van der Waals surface area contributed by atoms with Crippen LogP contribution in [0.4, 0.5) is 0 Å². The second-order valence-corrected chi connectivity index (χ2v) is 6.13. The molecule has 2 heterocycles. The second kappa shape index (κ2) is 7.25. The maximum absolute atomic E-state index is 12.6. The summed E-state index contributed by atoms with van der Waals surface area (Å²) in [6.45, 7) is 6.86. The number of hydrogen-bond acceptors (Lipinski definition) is 3. The number of hydrogen-bond donors (Lipinski definition) is 1. The molecule has 0 aliphatic carbocycles. The van der Waals surface area contributed by atoms with Crippen LogP contribution in [0.15, 0.2) is 0 Å². The van der Waals surface area contributed by atoms with Crippen LogP contribution < -0.4 is 5.73 Å². The Morgan fingerprint density at radius 2 is 1.68 bits per heavy atom. The van der Waals surface area contributed by atoms with E-state index in [9.17, 15) is 4.79 Å². The van der Waals surface area contributed by atoms with Gasteiger partial charge in [-0.3, -0.25) is 9.69 Å². The summed E-state index contributed by atoms with van der Waals surface area (Å²) >= 11 is 0. The van der Waals surface area contributed by atoms with Crippen LogP contribution in [0, 0.1) is 5.92 Å². The summed E-state index contributed by atoms with van der Waals surface area (Å²) in [6, 6.07) is 0.0526. The van der Waals surface area contributed by atoms with E-state index in [2.05, 4.69) is 16.7 Å². The first-order valence-corrected chi connectivity index (χ1v) is 7.95. The molecule has 0 bridgehead atoms. The molecule has 4 heteroatoms. The lowest BCUT2D eigenvalue weighted by Crippen LogP contribution is -2.50. The summed E-state index contributed by atoms with van der Waals surface area (Å²) in [5.74, 6) is 1.00. The number of carbonyl (C=O) groups excluding carboxylic acids is 1. The maximum Gasteiger partial charge on any atom is 0.239 e. The van der Waals surface area contributed by atoms with Crippen LogP contribution in [-0.2, 0) is 4.79 Å². The van der Waals surface area contributed by atoms with E-state index in [1.165, 1.54) is 25.7 Å². The zero-order chi connectivity index (χ0) is 13.7. The Labute approximate surface area is 117 Å². The first-order valence-electron chi connectivity index (χ1n) is 7.95. The van der Waals surface area contributed by atoms with Crippen molar-refractivity contribution in [1.82, 2.24) is 9.80 Å². The molecule has 0 aromatic rings. The van der Waals surface area contributed by atoms with E-state index in [4.69, 9.17) is 5.73 Å². The van der Waals surface area contributed by atoms with E-state index >= 15 is 0 Å². The average molecular weight is 267 g/mol. The summed E-state index contributed by atoms with van der Waals surface area (Å²) in [5.41, 5.74) is 5.73. The Morgan fingerprint density at radius 3 is 2.21 bits per heavy atom. The van der Waals surface area contributed by atoms with Crippen molar-refractivity contribution in [2.75, 3.05) is 32.7 Å². The fraction of sp³-hybridized carbons (Fsp3) is 0.933. The van der Waals surface area contributed by atoms with Crippen LogP contribution in [0.2, 0.25) is 0 Å². The molecule has 0 aromatic heterocycles. The van der Waals surface area contributed by atoms with E-state index in [-0.39, 0.29) is 6.04 Å². The van der Waals surface area contributed by atoms with Gasteiger partial charge in [0.15, 0.2) is 0 Å². The Bertz CT molecular complexity index is 279. The molecule has 0 spiro atoms. The Balaban J connectivity index is 1.84. The topological polar surface area (TPSA) is 49.6 Å². The highest BCUT2D eigenvalue weighted by atomic mass is 16.2. The molecule has 110 valence electrons. The number of rotatable bonds is 3. The normalized spacial score (nSPS) is 25.1. The molecule has 0 aromatic carbocycles. The third-order valence-corrected chi connectivity index (χ3v) is 4.81. The molecule has 2 rings (SSSR count). The van der Waals surface area contributed by atoms with Crippen LogP contribution in [0.5, 0.6) is 0 Å². The highest BCUT2D eigenvalue weighted by molar-refractivity contribution is 5.81. The van der Waals surface area contributed by atoms with Gasteiger partial charge in [-0.15, -0.1) is 0 Å². The largest absolute Gasteiger partial charge is 0.341 e. The van der Waals surface area contributed by atoms with Crippen molar-refractivity contribution in [1.29, 1.82) is 0 Å². The molecule has 2 saturated heterocycles. The summed E-state index contributed by atoms with van der Waals surface area (Å²) in [6.07, 6.45) is 7.20. The predicted octanol–water partition coefficient (Wildman–Crippen LogP) is 1.45. The van der Waals surface area contributed by atoms with E-state index in [1.807, 2.05) is 0 Å². The van der Waals surface area contributed by atoms with Gasteiger partial charge in [-0.05, 0) is 58.2 Å². The Hall–Kier alpha value is -0.610. The molecule has 2 N–H and O–H groups in total. The molecule has 0 radical (unpaired) electrons. The SMILES string of the molecule is CC(C(=O)N1CCCCCC1)N1CCC(CN)CC1. The van der Waals surface area contributed by atoms with Gasteiger partial charge >= 0.3 is 0 Å². The van der Waals surface area contributed by atoms with Crippen molar-refractivity contribution in [3.8, 4) is 0 Å². The zero-order valence-electron chi connectivity index (χ0n) is 12.3. The third kappa shape index (κ3) is 3.93. The Kier molecular flexibility index (Phi) is 5.64. The predicted molar refractivity (Wildman–Crippen MR) is 77.9 cm³/mol. The fourth-order valence-corrected chi connectivity index (χ4v) is 3.29. The van der Waals surface area contributed by atoms with E-state index in [1.54, 1.807) is 0 Å². The van der Waals surface area contributed by atoms with Crippen LogP contribution >= 0.6 is 0 Å². The summed E-state index contributed by atoms with van der Waals surface area (Å²) in [7, 11) is 0. The van der Waals surface area contributed by atoms with Crippen molar-refractivity contribution < 1.29 is 4.79 Å². The number of nitrogens with two attached hydrogens (primary N) is 1. The molecular formula is C15H29N3O. The van der Waals surface area contributed by atoms with Crippen molar-refractivity contribution >= 4 is 5.91 Å². The van der Waals surface area contributed by atoms with Crippen LogP contribution in [0.3, 0.4) is 0 Å². The Morgan fingerprint density at radius 1 is 1.11 bits per heavy atom. The highest BCUT2D eigenvalue weighted by Crippen LogP contribution is 2.19. The van der Waals surface area contributed by atoms with Gasteiger partial charge in [-0.1, -0.05) is 12.8 Å². The molecule has 1 unspecified atom stereocenters. The molecule has 2 aliphatic rings. The highest BCUT2D eigenvalue weighted by Gasteiger charge is 2.29. The third-order valence-electron chi connectivity index (χ3n) is 4.81. The minimum absolute atomic E-state index is 0.0526. The summed E-state index contributed by atoms with van der Waals surface area (Å²) < 4.78 is 0. The van der Waals surface area contributed by atoms with Crippen molar-refractivity contribution in [3.63, 3.8) is 0 Å². The van der Waals surface area contributed by atoms with Gasteiger partial charge in [0.2, 0.25) is 5.91 Å². The lowest BCUT2D eigenvalue weighted by atomic mass is 9.96. The summed E-state index contributed by atoms with van der Waals surface area (Å²) in [5, 5.41) is 0. The van der Waals surface area contributed by atoms with Crippen LogP contribution in [0.25, 0.3) is 0 Å². The van der Waals surface area contributed by atoms with E-state index < -0.39 is 0 Å². The average Bonchev–Trinajstić information content (AvgIpc) is 2.75. The number of carbonyl (C=O) groups is 1. The van der Waals surface area contributed by atoms with E-state index in [0.717, 1.165) is 45.6 Å². The molecule has 2 aliphatic heterocycles. The lowest BCUT2D eigenvalue weighted by molar-refractivity contribution is -0.136. The van der Waals surface area contributed by atoms with Gasteiger partial charge in [-0.25, -0.2) is 0 Å². The van der Waals surface area contributed by atoms with E-state index in [0.29, 0.717) is 11.8 Å². The second-order valence-electron chi connectivity index (χ2n) is 6.13. The first-order chi connectivity index (χ1) is 9.22. The quantitative estimate of drug-likeness (QED) is 0.842. The maximum atomic E-state index is 12.6. The molecule has 19 heavy (non-hydrogen) atoms. The minimum Gasteiger partial charge on any atom is -0.341 e. The first kappa shape index (κ1) is 14.8. The van der Waals surface area contributed by atoms with Crippen molar-refractivity contribution in [3.05, 3.63) is 0 Å². The molecular weight excluding hydrogens is 238 g/mol. The van der Waals surface area contributed by atoms with Gasteiger partial charge in [-0.2, -0.15) is 0 Å².